The minimum absolute atomic E-state index is 0. The molecule has 2 atom stereocenters. The molecule has 2 heterocycles. The number of nitrogens with zero attached hydrogens (tertiary/aromatic N) is 6. The third-order valence-corrected chi connectivity index (χ3v) is 7.94. The third kappa shape index (κ3) is 19.1. The van der Waals surface area contributed by atoms with E-state index >= 15 is 0 Å². The fourth-order valence-electron chi connectivity index (χ4n) is 3.52. The number of amides is 4. The molecule has 4 N–H and O–H groups in total. The summed E-state index contributed by atoms with van der Waals surface area (Å²) in [7, 11) is 4.52. The number of hydrogen-bond acceptors (Lipinski definition) is 18. The first-order valence-corrected chi connectivity index (χ1v) is 19.2. The Bertz CT molecular complexity index is 2150. The van der Waals surface area contributed by atoms with Gasteiger partial charge in [-0.05, 0) is 35.9 Å². The van der Waals surface area contributed by atoms with Crippen molar-refractivity contribution in [1.29, 1.82) is 0 Å². The lowest BCUT2D eigenvalue weighted by Crippen LogP contribution is -2.31. The largest absolute Gasteiger partial charge is 0.467 e. The Morgan fingerprint density at radius 2 is 1.02 bits per heavy atom. The Morgan fingerprint density at radius 3 is 1.38 bits per heavy atom. The summed E-state index contributed by atoms with van der Waals surface area (Å²) in [4.78, 5) is 67.1. The van der Waals surface area contributed by atoms with Crippen LogP contribution < -0.4 is 31.1 Å². The van der Waals surface area contributed by atoms with Crippen LogP contribution in [0, 0.1) is 0 Å². The predicted octanol–water partition coefficient (Wildman–Crippen LogP) is 6.44. The summed E-state index contributed by atoms with van der Waals surface area (Å²) in [6, 6.07) is 8.04. The molecule has 350 valence electrons. The van der Waals surface area contributed by atoms with Crippen LogP contribution in [0.15, 0.2) is 58.3 Å². The minimum atomic E-state index is -3.95. The number of alkyl halides is 5. The van der Waals surface area contributed by atoms with Gasteiger partial charge in [-0.15, -0.1) is 0 Å². The van der Waals surface area contributed by atoms with Crippen LogP contribution in [-0.2, 0) is 45.6 Å². The molecule has 0 aliphatic rings. The smallest absolute Gasteiger partial charge is 0.382 e. The molecule has 0 aliphatic carbocycles. The number of methoxy groups -OCH3 is 4. The second-order valence-corrected chi connectivity index (χ2v) is 12.1. The molecular weight excluding hydrogens is 916 g/mol. The van der Waals surface area contributed by atoms with Crippen molar-refractivity contribution in [2.75, 3.05) is 39.1 Å². The van der Waals surface area contributed by atoms with Crippen molar-refractivity contribution < 1.29 is 72.7 Å². The highest BCUT2D eigenvalue weighted by Crippen LogP contribution is 2.30. The Balaban J connectivity index is 0. The maximum absolute atomic E-state index is 13.2. The Morgan fingerprint density at radius 1 is 0.635 bits per heavy atom. The van der Waals surface area contributed by atoms with Gasteiger partial charge in [0.25, 0.3) is 6.43 Å². The molecule has 2 unspecified atom stereocenters. The van der Waals surface area contributed by atoms with Gasteiger partial charge in [0, 0.05) is 0 Å². The van der Waals surface area contributed by atoms with E-state index in [4.69, 9.17) is 11.6 Å². The van der Waals surface area contributed by atoms with Gasteiger partial charge in [0.05, 0.1) is 49.4 Å². The maximum Gasteiger partial charge on any atom is 0.382 e. The van der Waals surface area contributed by atoms with Gasteiger partial charge in [0.2, 0.25) is 45.7 Å². The molecule has 4 amide bonds. The lowest BCUT2D eigenvalue weighted by Gasteiger charge is -2.11. The molecule has 2 aromatic carbocycles. The van der Waals surface area contributed by atoms with Crippen molar-refractivity contribution in [3.63, 3.8) is 0 Å². The number of ether oxygens (including phenoxy) is 4. The standard InChI is InChI=1S/C14H12ClF2N5O6S.C14H13F2N5O6S.2C2H6.2CH4/c1-26-9(23)7-5-3-4-6-8(7)29(25)28-22-12(24)20-11-18-10(14(15,16)17)19-13(21-11)27-2;1-25-11(22)7-5-3-4-6-8(7)28(24)27-21-13(23)19-12-17-10(9(15)16)18-14(20-12)26-2;2*1-2;;/h3-6H,1-2H3,(H2,18,19,20,21,22,24);3-6,9H,1-2H3,(H2,17,18,19,20,21,23);2*1-2H3;2*1H4. The second-order valence-electron chi connectivity index (χ2n) is 9.50. The van der Waals surface area contributed by atoms with Crippen LogP contribution >= 0.6 is 11.6 Å². The first-order chi connectivity index (χ1) is 29.0. The fraction of sp³-hybridized carbons (Fsp3) is 0.353. The molecule has 0 saturated heterocycles. The highest BCUT2D eigenvalue weighted by Gasteiger charge is 2.34. The predicted molar refractivity (Wildman–Crippen MR) is 218 cm³/mol. The second kappa shape index (κ2) is 29.9. The van der Waals surface area contributed by atoms with E-state index in [1.54, 1.807) is 11.0 Å². The van der Waals surface area contributed by atoms with E-state index in [0.29, 0.717) is 0 Å². The van der Waals surface area contributed by atoms with Gasteiger partial charge in [-0.2, -0.15) is 47.3 Å². The number of nitrogens with one attached hydrogen (secondary N) is 4. The topological polar surface area (TPSA) is 283 Å². The van der Waals surface area contributed by atoms with Crippen molar-refractivity contribution in [3.8, 4) is 12.0 Å². The van der Waals surface area contributed by atoms with Gasteiger partial charge < -0.3 is 18.9 Å². The minimum Gasteiger partial charge on any atom is -0.467 e. The zero-order valence-corrected chi connectivity index (χ0v) is 35.4. The van der Waals surface area contributed by atoms with E-state index in [1.807, 2.05) is 38.3 Å². The van der Waals surface area contributed by atoms with E-state index < -0.39 is 93.5 Å². The number of esters is 2. The zero-order chi connectivity index (χ0) is 46.3. The van der Waals surface area contributed by atoms with Crippen molar-refractivity contribution in [3.05, 3.63) is 71.3 Å². The maximum atomic E-state index is 13.2. The van der Waals surface area contributed by atoms with Crippen LogP contribution in [0.3, 0.4) is 0 Å². The van der Waals surface area contributed by atoms with Crippen molar-refractivity contribution >= 4 is 69.7 Å². The zero-order valence-electron chi connectivity index (χ0n) is 33.0. The Hall–Kier alpha value is -6.23. The van der Waals surface area contributed by atoms with Crippen LogP contribution in [0.25, 0.3) is 0 Å². The highest BCUT2D eigenvalue weighted by molar-refractivity contribution is 7.80. The number of hydroxylamine groups is 2. The van der Waals surface area contributed by atoms with Crippen LogP contribution in [0.5, 0.6) is 12.0 Å². The summed E-state index contributed by atoms with van der Waals surface area (Å²) >= 11 is 0.250. The normalized spacial score (nSPS) is 10.9. The van der Waals surface area contributed by atoms with E-state index in [-0.39, 0.29) is 35.8 Å². The van der Waals surface area contributed by atoms with Crippen LogP contribution in [0.4, 0.5) is 39.0 Å². The molecular formula is C34H45ClF4N10O12S2. The van der Waals surface area contributed by atoms with E-state index in [1.165, 1.54) is 48.5 Å². The molecule has 22 nitrogen and oxygen atoms in total. The quantitative estimate of drug-likeness (QED) is 0.0458. The molecule has 0 fully saturated rings. The average molecular weight is 961 g/mol. The van der Waals surface area contributed by atoms with Crippen molar-refractivity contribution in [1.82, 2.24) is 40.9 Å². The summed E-state index contributed by atoms with van der Waals surface area (Å²) in [5, 5.41) is -0.00592. The number of aromatic nitrogens is 6. The molecule has 4 rings (SSSR count). The summed E-state index contributed by atoms with van der Waals surface area (Å²) < 4.78 is 104. The van der Waals surface area contributed by atoms with Gasteiger partial charge in [-0.25, -0.2) is 47.3 Å². The van der Waals surface area contributed by atoms with E-state index in [0.717, 1.165) is 28.4 Å². The number of carbonyl (C=O) groups is 4. The molecule has 0 radical (unpaired) electrons. The van der Waals surface area contributed by atoms with E-state index in [2.05, 4.69) is 57.4 Å². The van der Waals surface area contributed by atoms with Crippen molar-refractivity contribution in [2.45, 2.75) is 64.1 Å². The molecule has 29 heteroatoms. The summed E-state index contributed by atoms with van der Waals surface area (Å²) in [5.74, 6) is -4.81. The first kappa shape index (κ1) is 58.9. The van der Waals surface area contributed by atoms with Crippen LogP contribution in [0.1, 0.15) is 81.3 Å². The molecule has 0 spiro atoms. The Labute approximate surface area is 368 Å². The van der Waals surface area contributed by atoms with Gasteiger partial charge in [0.1, 0.15) is 0 Å². The molecule has 0 bridgehead atoms. The third-order valence-electron chi connectivity index (χ3n) is 5.88. The number of anilines is 2. The van der Waals surface area contributed by atoms with E-state index in [9.17, 15) is 45.2 Å². The SMILES string of the molecule is C.C.CC.CC.COC(=O)c1ccccc1S(=O)ONC(=O)Nc1nc(OC)nc(C(F)(F)Cl)n1.COC(=O)c1ccccc1S(=O)ONC(=O)Nc1nc(OC)nc(C(F)F)n1. The summed E-state index contributed by atoms with van der Waals surface area (Å²) in [6.45, 7) is 8.00. The highest BCUT2D eigenvalue weighted by atomic mass is 35.5. The monoisotopic (exact) mass is 960 g/mol. The van der Waals surface area contributed by atoms with Gasteiger partial charge in [-0.3, -0.25) is 10.6 Å². The van der Waals surface area contributed by atoms with Gasteiger partial charge in [-0.1, -0.05) is 66.8 Å². The van der Waals surface area contributed by atoms with Crippen LogP contribution in [0.2, 0.25) is 0 Å². The number of hydrogen-bond donors (Lipinski definition) is 4. The lowest BCUT2D eigenvalue weighted by atomic mass is 10.2. The molecule has 2 aromatic heterocycles. The fourth-order valence-corrected chi connectivity index (χ4v) is 5.13. The van der Waals surface area contributed by atoms with Gasteiger partial charge in [0.15, 0.2) is 0 Å². The summed E-state index contributed by atoms with van der Waals surface area (Å²) in [6.07, 6.45) is -3.03. The number of benzene rings is 2. The number of urea groups is 2. The summed E-state index contributed by atoms with van der Waals surface area (Å²) in [5.41, 5.74) is 3.43. The van der Waals surface area contributed by atoms with Crippen molar-refractivity contribution in [2.24, 2.45) is 0 Å². The molecule has 0 saturated carbocycles. The average Bonchev–Trinajstić information content (AvgIpc) is 3.27. The first-order valence-electron chi connectivity index (χ1n) is 16.6. The molecule has 4 aromatic rings. The molecule has 63 heavy (non-hydrogen) atoms. The molecule has 0 aliphatic heterocycles. The van der Waals surface area contributed by atoms with Gasteiger partial charge >= 0.3 is 41.4 Å². The number of carbonyl (C=O) groups excluding carboxylic acids is 4. The lowest BCUT2D eigenvalue weighted by molar-refractivity contribution is 0.0587. The Kier molecular flexibility index (Phi) is 28.0. The number of rotatable bonds is 14. The number of halogens is 5. The van der Waals surface area contributed by atoms with Crippen LogP contribution in [-0.4, -0.2) is 90.8 Å².